The number of rotatable bonds is 3. The number of nitrogens with one attached hydrogen (secondary N) is 2. The van der Waals surface area contributed by atoms with Crippen LogP contribution in [0.15, 0.2) is 24.3 Å². The fraction of sp³-hybridized carbons (Fsp3) is 0.500. The number of likely N-dealkylation sites (tertiary alicyclic amines) is 1. The maximum absolute atomic E-state index is 12.2. The van der Waals surface area contributed by atoms with Gasteiger partial charge >= 0.3 is 6.03 Å². The minimum Gasteiger partial charge on any atom is -0.322 e. The summed E-state index contributed by atoms with van der Waals surface area (Å²) >= 11 is 0. The van der Waals surface area contributed by atoms with Gasteiger partial charge < -0.3 is 10.2 Å². The number of piperidine rings is 1. The van der Waals surface area contributed by atoms with E-state index in [4.69, 9.17) is 0 Å². The fourth-order valence-corrected chi connectivity index (χ4v) is 3.00. The van der Waals surface area contributed by atoms with Gasteiger partial charge in [0.1, 0.15) is 0 Å². The SMILES string of the molecule is CC1CCCCN1C(=O)Nc1ccc(NS(C)(=O)=O)cc1. The smallest absolute Gasteiger partial charge is 0.322 e. The lowest BCUT2D eigenvalue weighted by molar-refractivity contribution is 0.170. The minimum absolute atomic E-state index is 0.106. The second-order valence-corrected chi connectivity index (χ2v) is 7.17. The zero-order valence-electron chi connectivity index (χ0n) is 12.3. The van der Waals surface area contributed by atoms with Gasteiger partial charge in [-0.25, -0.2) is 13.2 Å². The van der Waals surface area contributed by atoms with Crippen molar-refractivity contribution in [3.8, 4) is 0 Å². The van der Waals surface area contributed by atoms with Crippen LogP contribution in [0.4, 0.5) is 16.2 Å². The van der Waals surface area contributed by atoms with Crippen molar-refractivity contribution < 1.29 is 13.2 Å². The first kappa shape index (κ1) is 15.6. The molecule has 1 atom stereocenters. The molecule has 0 radical (unpaired) electrons. The number of amides is 2. The maximum atomic E-state index is 12.2. The molecule has 0 bridgehead atoms. The minimum atomic E-state index is -3.28. The molecular formula is C14H21N3O3S. The summed E-state index contributed by atoms with van der Waals surface area (Å²) in [6.45, 7) is 2.83. The summed E-state index contributed by atoms with van der Waals surface area (Å²) in [6.07, 6.45) is 4.33. The molecule has 1 aliphatic heterocycles. The van der Waals surface area contributed by atoms with E-state index >= 15 is 0 Å². The largest absolute Gasteiger partial charge is 0.322 e. The third-order valence-corrected chi connectivity index (χ3v) is 4.11. The van der Waals surface area contributed by atoms with Crippen LogP contribution < -0.4 is 10.0 Å². The molecule has 7 heteroatoms. The molecule has 1 aromatic rings. The molecule has 1 heterocycles. The van der Waals surface area contributed by atoms with Gasteiger partial charge in [-0.1, -0.05) is 0 Å². The van der Waals surface area contributed by atoms with Crippen molar-refractivity contribution in [2.45, 2.75) is 32.2 Å². The topological polar surface area (TPSA) is 78.5 Å². The van der Waals surface area contributed by atoms with E-state index in [-0.39, 0.29) is 12.1 Å². The molecule has 0 saturated carbocycles. The Morgan fingerprint density at radius 2 is 1.81 bits per heavy atom. The summed E-state index contributed by atoms with van der Waals surface area (Å²) in [5.41, 5.74) is 1.12. The van der Waals surface area contributed by atoms with E-state index < -0.39 is 10.0 Å². The van der Waals surface area contributed by atoms with Crippen molar-refractivity contribution in [3.63, 3.8) is 0 Å². The predicted octanol–water partition coefficient (Wildman–Crippen LogP) is 2.46. The van der Waals surface area contributed by atoms with Crippen LogP contribution in [-0.4, -0.2) is 38.2 Å². The number of anilines is 2. The molecule has 6 nitrogen and oxygen atoms in total. The van der Waals surface area contributed by atoms with Gasteiger partial charge in [0, 0.05) is 24.0 Å². The monoisotopic (exact) mass is 311 g/mol. The van der Waals surface area contributed by atoms with Crippen LogP contribution in [-0.2, 0) is 10.0 Å². The highest BCUT2D eigenvalue weighted by molar-refractivity contribution is 7.92. The normalized spacial score (nSPS) is 19.1. The Bertz CT molecular complexity index is 598. The summed E-state index contributed by atoms with van der Waals surface area (Å²) in [5, 5.41) is 2.84. The molecule has 1 aromatic carbocycles. The zero-order chi connectivity index (χ0) is 15.5. The van der Waals surface area contributed by atoms with Crippen LogP contribution in [0.5, 0.6) is 0 Å². The standard InChI is InChI=1S/C14H21N3O3S/c1-11-5-3-4-10-17(11)14(18)15-12-6-8-13(9-7-12)16-21(2,19)20/h6-9,11,16H,3-5,10H2,1-2H3,(H,15,18). The molecule has 21 heavy (non-hydrogen) atoms. The third-order valence-electron chi connectivity index (χ3n) is 3.50. The first-order valence-corrected chi connectivity index (χ1v) is 8.90. The zero-order valence-corrected chi connectivity index (χ0v) is 13.1. The van der Waals surface area contributed by atoms with Crippen LogP contribution in [0.3, 0.4) is 0 Å². The highest BCUT2D eigenvalue weighted by Crippen LogP contribution is 2.19. The van der Waals surface area contributed by atoms with Gasteiger partial charge in [-0.05, 0) is 50.5 Å². The Hall–Kier alpha value is -1.76. The molecule has 2 rings (SSSR count). The number of benzene rings is 1. The van der Waals surface area contributed by atoms with Crippen LogP contribution in [0.1, 0.15) is 26.2 Å². The summed E-state index contributed by atoms with van der Waals surface area (Å²) < 4.78 is 24.6. The molecule has 1 unspecified atom stereocenters. The quantitative estimate of drug-likeness (QED) is 0.900. The van der Waals surface area contributed by atoms with Gasteiger partial charge in [0.15, 0.2) is 0 Å². The van der Waals surface area contributed by atoms with E-state index in [1.807, 2.05) is 4.90 Å². The van der Waals surface area contributed by atoms with Crippen LogP contribution in [0, 0.1) is 0 Å². The summed E-state index contributed by atoms with van der Waals surface area (Å²) in [4.78, 5) is 14.0. The third kappa shape index (κ3) is 4.63. The molecule has 2 amide bonds. The lowest BCUT2D eigenvalue weighted by atomic mass is 10.0. The molecule has 116 valence electrons. The molecule has 1 saturated heterocycles. The number of sulfonamides is 1. The highest BCUT2D eigenvalue weighted by atomic mass is 32.2. The Morgan fingerprint density at radius 3 is 2.38 bits per heavy atom. The van der Waals surface area contributed by atoms with Gasteiger partial charge in [-0.3, -0.25) is 4.72 Å². The van der Waals surface area contributed by atoms with Gasteiger partial charge in [0.25, 0.3) is 0 Å². The number of hydrogen-bond donors (Lipinski definition) is 2. The van der Waals surface area contributed by atoms with E-state index in [1.54, 1.807) is 24.3 Å². The number of hydrogen-bond acceptors (Lipinski definition) is 3. The Balaban J connectivity index is 1.98. The molecular weight excluding hydrogens is 290 g/mol. The second kappa shape index (κ2) is 6.34. The molecule has 2 N–H and O–H groups in total. The van der Waals surface area contributed by atoms with Crippen LogP contribution in [0.2, 0.25) is 0 Å². The maximum Gasteiger partial charge on any atom is 0.322 e. The molecule has 1 aliphatic rings. The van der Waals surface area contributed by atoms with Gasteiger partial charge in [-0.15, -0.1) is 0 Å². The first-order chi connectivity index (χ1) is 9.85. The number of carbonyl (C=O) groups is 1. The lowest BCUT2D eigenvalue weighted by Gasteiger charge is -2.33. The lowest BCUT2D eigenvalue weighted by Crippen LogP contribution is -2.44. The summed E-state index contributed by atoms with van der Waals surface area (Å²) in [7, 11) is -3.28. The van der Waals surface area contributed by atoms with E-state index in [0.29, 0.717) is 11.4 Å². The van der Waals surface area contributed by atoms with Gasteiger partial charge in [0.2, 0.25) is 10.0 Å². The van der Waals surface area contributed by atoms with Gasteiger partial charge in [-0.2, -0.15) is 0 Å². The van der Waals surface area contributed by atoms with E-state index in [1.165, 1.54) is 0 Å². The van der Waals surface area contributed by atoms with Crippen molar-refractivity contribution in [2.24, 2.45) is 0 Å². The van der Waals surface area contributed by atoms with E-state index in [9.17, 15) is 13.2 Å². The fourth-order valence-electron chi connectivity index (χ4n) is 2.43. The number of carbonyl (C=O) groups excluding carboxylic acids is 1. The summed E-state index contributed by atoms with van der Waals surface area (Å²) in [6, 6.07) is 6.75. The highest BCUT2D eigenvalue weighted by Gasteiger charge is 2.22. The molecule has 0 aliphatic carbocycles. The first-order valence-electron chi connectivity index (χ1n) is 7.00. The van der Waals surface area contributed by atoms with Crippen molar-refractivity contribution in [1.29, 1.82) is 0 Å². The van der Waals surface area contributed by atoms with Crippen LogP contribution in [0.25, 0.3) is 0 Å². The van der Waals surface area contributed by atoms with Crippen LogP contribution >= 0.6 is 0 Å². The van der Waals surface area contributed by atoms with Crippen molar-refractivity contribution in [3.05, 3.63) is 24.3 Å². The average Bonchev–Trinajstić information content (AvgIpc) is 2.40. The molecule has 1 fully saturated rings. The van der Waals surface area contributed by atoms with Crippen molar-refractivity contribution in [2.75, 3.05) is 22.8 Å². The van der Waals surface area contributed by atoms with Gasteiger partial charge in [0.05, 0.1) is 6.26 Å². The number of nitrogens with zero attached hydrogens (tertiary/aromatic N) is 1. The van der Waals surface area contributed by atoms with Crippen molar-refractivity contribution in [1.82, 2.24) is 4.90 Å². The number of urea groups is 1. The summed E-state index contributed by atoms with van der Waals surface area (Å²) in [5.74, 6) is 0. The Kier molecular flexibility index (Phi) is 4.72. The van der Waals surface area contributed by atoms with E-state index in [2.05, 4.69) is 17.0 Å². The van der Waals surface area contributed by atoms with Crippen molar-refractivity contribution >= 4 is 27.4 Å². The average molecular weight is 311 g/mol. The molecule has 0 aromatic heterocycles. The van der Waals surface area contributed by atoms with E-state index in [0.717, 1.165) is 32.1 Å². The predicted molar refractivity (Wildman–Crippen MR) is 83.9 cm³/mol. The Morgan fingerprint density at radius 1 is 1.19 bits per heavy atom. The Labute approximate surface area is 125 Å². The second-order valence-electron chi connectivity index (χ2n) is 5.42. The molecule has 0 spiro atoms.